The second-order valence-corrected chi connectivity index (χ2v) is 9.20. The molecule has 0 saturated carbocycles. The first-order valence-electron chi connectivity index (χ1n) is 11.3. The number of amides is 2. The van der Waals surface area contributed by atoms with E-state index >= 15 is 0 Å². The van der Waals surface area contributed by atoms with Gasteiger partial charge in [0.25, 0.3) is 0 Å². The minimum absolute atomic E-state index is 0.0318. The van der Waals surface area contributed by atoms with Crippen LogP contribution < -0.4 is 5.32 Å². The molecule has 3 saturated heterocycles. The van der Waals surface area contributed by atoms with Gasteiger partial charge in [0.1, 0.15) is 0 Å². The number of carbonyl (C=O) groups excluding carboxylic acids is 2. The molecule has 5 rings (SSSR count). The molecule has 0 aromatic heterocycles. The van der Waals surface area contributed by atoms with Crippen molar-refractivity contribution in [3.05, 3.63) is 41.5 Å². The topological polar surface area (TPSA) is 61.9 Å². The van der Waals surface area contributed by atoms with Crippen LogP contribution >= 0.6 is 0 Å². The van der Waals surface area contributed by atoms with E-state index in [-0.39, 0.29) is 18.0 Å². The van der Waals surface area contributed by atoms with Crippen molar-refractivity contribution < 1.29 is 14.3 Å². The molecule has 4 atom stereocenters. The molecule has 2 amide bonds. The summed E-state index contributed by atoms with van der Waals surface area (Å²) in [6.07, 6.45) is 9.91. The highest BCUT2D eigenvalue weighted by Crippen LogP contribution is 2.45. The lowest BCUT2D eigenvalue weighted by molar-refractivity contribution is 0.00908. The maximum absolute atomic E-state index is 13.2. The second kappa shape index (κ2) is 8.06. The zero-order valence-corrected chi connectivity index (χ0v) is 17.7. The van der Waals surface area contributed by atoms with Gasteiger partial charge in [0.2, 0.25) is 0 Å². The molecule has 0 radical (unpaired) electrons. The summed E-state index contributed by atoms with van der Waals surface area (Å²) in [4.78, 5) is 29.6. The van der Waals surface area contributed by atoms with Gasteiger partial charge in [0, 0.05) is 24.8 Å². The van der Waals surface area contributed by atoms with Crippen molar-refractivity contribution in [2.24, 2.45) is 11.8 Å². The van der Waals surface area contributed by atoms with Gasteiger partial charge in [0.15, 0.2) is 0 Å². The smallest absolute Gasteiger partial charge is 0.337 e. The number of anilines is 1. The van der Waals surface area contributed by atoms with Crippen molar-refractivity contribution in [1.82, 2.24) is 9.80 Å². The van der Waals surface area contributed by atoms with Crippen LogP contribution in [0.1, 0.15) is 48.9 Å². The standard InChI is InChI=1S/C24H31N3O3/c1-30-23(28)16-7-9-20(10-8-16)25-24(29)27-12-4-5-17-13-18-14-19(22(17)27)15-26-11-3-2-6-21(18)26/h7-10,13,18-19,21-22H,2-6,11-12,14-15H2,1H3,(H,25,29)/t18-,19+,21+,22+/m1/s1. The lowest BCUT2D eigenvalue weighted by Crippen LogP contribution is -2.60. The Morgan fingerprint density at radius 3 is 2.73 bits per heavy atom. The summed E-state index contributed by atoms with van der Waals surface area (Å²) >= 11 is 0. The molecule has 6 nitrogen and oxygen atoms in total. The number of fused-ring (bicyclic) bond motifs is 6. The fourth-order valence-corrected chi connectivity index (χ4v) is 6.20. The number of ether oxygens (including phenoxy) is 1. The van der Waals surface area contributed by atoms with Crippen LogP contribution in [0.2, 0.25) is 0 Å². The fraction of sp³-hybridized carbons (Fsp3) is 0.583. The summed E-state index contributed by atoms with van der Waals surface area (Å²) in [5.74, 6) is 0.838. The number of hydrogen-bond acceptors (Lipinski definition) is 4. The van der Waals surface area contributed by atoms with Crippen LogP contribution in [0.4, 0.5) is 10.5 Å². The predicted molar refractivity (Wildman–Crippen MR) is 115 cm³/mol. The first-order valence-corrected chi connectivity index (χ1v) is 11.3. The number of urea groups is 1. The Morgan fingerprint density at radius 1 is 1.10 bits per heavy atom. The zero-order chi connectivity index (χ0) is 20.7. The summed E-state index contributed by atoms with van der Waals surface area (Å²) in [5, 5.41) is 3.05. The van der Waals surface area contributed by atoms with Crippen molar-refractivity contribution in [3.8, 4) is 0 Å². The third-order valence-corrected chi connectivity index (χ3v) is 7.48. The number of methoxy groups -OCH3 is 1. The average Bonchev–Trinajstić information content (AvgIpc) is 2.78. The molecule has 3 fully saturated rings. The summed E-state index contributed by atoms with van der Waals surface area (Å²) < 4.78 is 4.74. The average molecular weight is 410 g/mol. The quantitative estimate of drug-likeness (QED) is 0.594. The van der Waals surface area contributed by atoms with E-state index in [1.165, 1.54) is 44.9 Å². The Balaban J connectivity index is 1.33. The molecule has 4 aliphatic rings. The number of rotatable bonds is 2. The van der Waals surface area contributed by atoms with Crippen LogP contribution in [0.5, 0.6) is 0 Å². The maximum atomic E-state index is 13.2. The summed E-state index contributed by atoms with van der Waals surface area (Å²) in [6, 6.07) is 7.82. The van der Waals surface area contributed by atoms with Gasteiger partial charge in [-0.3, -0.25) is 4.90 Å². The van der Waals surface area contributed by atoms with E-state index in [0.29, 0.717) is 23.1 Å². The van der Waals surface area contributed by atoms with Gasteiger partial charge in [-0.25, -0.2) is 9.59 Å². The number of hydrogen-bond donors (Lipinski definition) is 1. The van der Waals surface area contributed by atoms with E-state index < -0.39 is 0 Å². The number of piperidine rings is 3. The van der Waals surface area contributed by atoms with Gasteiger partial charge in [-0.15, -0.1) is 0 Å². The zero-order valence-electron chi connectivity index (χ0n) is 17.7. The number of benzene rings is 1. The van der Waals surface area contributed by atoms with Crippen LogP contribution in [0.3, 0.4) is 0 Å². The SMILES string of the molecule is COC(=O)c1ccc(NC(=O)N2CCCC3=C[C@@H]4C[C@@H](CN5CCCC[C@@H]45)[C@H]32)cc1. The van der Waals surface area contributed by atoms with E-state index in [4.69, 9.17) is 4.74 Å². The maximum Gasteiger partial charge on any atom is 0.337 e. The van der Waals surface area contributed by atoms with Crippen molar-refractivity contribution in [3.63, 3.8) is 0 Å². The van der Waals surface area contributed by atoms with Crippen LogP contribution in [0.25, 0.3) is 0 Å². The van der Waals surface area contributed by atoms with Gasteiger partial charge >= 0.3 is 12.0 Å². The second-order valence-electron chi connectivity index (χ2n) is 9.20. The summed E-state index contributed by atoms with van der Waals surface area (Å²) in [5.41, 5.74) is 2.68. The first-order chi connectivity index (χ1) is 14.6. The van der Waals surface area contributed by atoms with E-state index in [1.807, 2.05) is 0 Å². The lowest BCUT2D eigenvalue weighted by atomic mass is 9.68. The van der Waals surface area contributed by atoms with Gasteiger partial charge in [-0.2, -0.15) is 0 Å². The molecule has 1 aliphatic carbocycles. The highest BCUT2D eigenvalue weighted by molar-refractivity contribution is 5.92. The van der Waals surface area contributed by atoms with E-state index in [9.17, 15) is 9.59 Å². The molecule has 1 aromatic carbocycles. The number of carbonyl (C=O) groups is 2. The van der Waals surface area contributed by atoms with Crippen LogP contribution in [0.15, 0.2) is 35.9 Å². The Kier molecular flexibility index (Phi) is 5.27. The molecule has 0 unspecified atom stereocenters. The molecule has 0 spiro atoms. The fourth-order valence-electron chi connectivity index (χ4n) is 6.20. The summed E-state index contributed by atoms with van der Waals surface area (Å²) in [7, 11) is 1.37. The highest BCUT2D eigenvalue weighted by atomic mass is 16.5. The Hall–Kier alpha value is -2.34. The molecule has 160 valence electrons. The third kappa shape index (κ3) is 3.51. The number of nitrogens with zero attached hydrogens (tertiary/aromatic N) is 2. The lowest BCUT2D eigenvalue weighted by Gasteiger charge is -2.54. The van der Waals surface area contributed by atoms with E-state index in [1.54, 1.807) is 24.3 Å². The van der Waals surface area contributed by atoms with Crippen molar-refractivity contribution in [1.29, 1.82) is 0 Å². The molecular weight excluding hydrogens is 378 g/mol. The molecule has 1 aromatic rings. The van der Waals surface area contributed by atoms with Gasteiger partial charge in [0.05, 0.1) is 18.7 Å². The molecular formula is C24H31N3O3. The van der Waals surface area contributed by atoms with Crippen molar-refractivity contribution in [2.45, 2.75) is 50.6 Å². The molecule has 3 aliphatic heterocycles. The monoisotopic (exact) mass is 409 g/mol. The minimum atomic E-state index is -0.372. The molecule has 1 N–H and O–H groups in total. The number of nitrogens with one attached hydrogen (secondary N) is 1. The number of likely N-dealkylation sites (tertiary alicyclic amines) is 1. The minimum Gasteiger partial charge on any atom is -0.465 e. The Morgan fingerprint density at radius 2 is 1.93 bits per heavy atom. The van der Waals surface area contributed by atoms with Crippen molar-refractivity contribution >= 4 is 17.7 Å². The largest absolute Gasteiger partial charge is 0.465 e. The highest BCUT2D eigenvalue weighted by Gasteiger charge is 2.46. The normalized spacial score (nSPS) is 30.6. The molecule has 6 heteroatoms. The molecule has 30 heavy (non-hydrogen) atoms. The first kappa shape index (κ1) is 19.6. The summed E-state index contributed by atoms with van der Waals surface area (Å²) in [6.45, 7) is 3.14. The van der Waals surface area contributed by atoms with Gasteiger partial charge in [-0.05, 0) is 74.8 Å². The van der Waals surface area contributed by atoms with Crippen molar-refractivity contribution in [2.75, 3.05) is 32.1 Å². The van der Waals surface area contributed by atoms with Crippen LogP contribution in [-0.2, 0) is 4.74 Å². The Bertz CT molecular complexity index is 850. The van der Waals surface area contributed by atoms with Crippen LogP contribution in [0, 0.1) is 11.8 Å². The molecule has 2 bridgehead atoms. The number of esters is 1. The predicted octanol–water partition coefficient (Wildman–Crippen LogP) is 3.90. The third-order valence-electron chi connectivity index (χ3n) is 7.48. The Labute approximate surface area is 178 Å². The molecule has 3 heterocycles. The van der Waals surface area contributed by atoms with Crippen LogP contribution in [-0.4, -0.2) is 60.6 Å². The van der Waals surface area contributed by atoms with E-state index in [2.05, 4.69) is 21.2 Å². The van der Waals surface area contributed by atoms with Gasteiger partial charge in [-0.1, -0.05) is 18.1 Å². The van der Waals surface area contributed by atoms with Gasteiger partial charge < -0.3 is 15.0 Å². The van der Waals surface area contributed by atoms with E-state index in [0.717, 1.165) is 32.0 Å².